The van der Waals surface area contributed by atoms with Crippen molar-refractivity contribution in [3.63, 3.8) is 0 Å². The summed E-state index contributed by atoms with van der Waals surface area (Å²) in [5, 5.41) is 8.04. The van der Waals surface area contributed by atoms with Gasteiger partial charge in [0.05, 0.1) is 11.8 Å². The molecule has 2 aromatic rings. The Hall–Kier alpha value is -2.78. The Morgan fingerprint density at radius 1 is 1.22 bits per heavy atom. The number of hydrogen-bond donors (Lipinski definition) is 0. The maximum atomic E-state index is 13.8. The quantitative estimate of drug-likeness (QED) is 0.590. The number of rotatable bonds is 8. The topological polar surface area (TPSA) is 82.4 Å². The molecule has 0 unspecified atom stereocenters. The molecular formula is C22H29F2N5O3. The second kappa shape index (κ2) is 9.79. The van der Waals surface area contributed by atoms with Gasteiger partial charge in [0.15, 0.2) is 0 Å². The fourth-order valence-corrected chi connectivity index (χ4v) is 3.95. The van der Waals surface area contributed by atoms with E-state index in [1.165, 1.54) is 10.7 Å². The van der Waals surface area contributed by atoms with E-state index in [1.54, 1.807) is 25.1 Å². The molecule has 0 bridgehead atoms. The molecule has 2 heterocycles. The molecule has 2 aliphatic carbocycles. The van der Waals surface area contributed by atoms with Gasteiger partial charge in [0.25, 0.3) is 6.43 Å². The van der Waals surface area contributed by atoms with Crippen LogP contribution < -0.4 is 4.74 Å². The Labute approximate surface area is 185 Å². The van der Waals surface area contributed by atoms with Crippen molar-refractivity contribution >= 4 is 6.09 Å². The third-order valence-electron chi connectivity index (χ3n) is 6.00. The number of aryl methyl sites for hydroxylation is 1. The van der Waals surface area contributed by atoms with Gasteiger partial charge in [-0.25, -0.2) is 23.2 Å². The number of ether oxygens (including phenoxy) is 2. The van der Waals surface area contributed by atoms with Gasteiger partial charge < -0.3 is 14.4 Å². The highest BCUT2D eigenvalue weighted by Crippen LogP contribution is 2.33. The largest absolute Gasteiger partial charge is 0.488 e. The Balaban J connectivity index is 1.50. The first-order valence-corrected chi connectivity index (χ1v) is 11.1. The monoisotopic (exact) mass is 449 g/mol. The Morgan fingerprint density at radius 3 is 2.66 bits per heavy atom. The third kappa shape index (κ3) is 5.34. The zero-order valence-corrected chi connectivity index (χ0v) is 18.5. The van der Waals surface area contributed by atoms with Crippen molar-refractivity contribution in [2.75, 3.05) is 13.6 Å². The van der Waals surface area contributed by atoms with E-state index in [-0.39, 0.29) is 24.2 Å². The van der Waals surface area contributed by atoms with Crippen molar-refractivity contribution < 1.29 is 23.0 Å². The fraction of sp³-hybridized carbons (Fsp3) is 0.636. The van der Waals surface area contributed by atoms with E-state index >= 15 is 0 Å². The molecular weight excluding hydrogens is 420 g/mol. The lowest BCUT2D eigenvalue weighted by molar-refractivity contribution is 0.101. The van der Waals surface area contributed by atoms with Crippen molar-refractivity contribution in [1.82, 2.24) is 24.9 Å². The molecule has 1 amide bonds. The van der Waals surface area contributed by atoms with E-state index in [0.717, 1.165) is 44.9 Å². The lowest BCUT2D eigenvalue weighted by Gasteiger charge is -2.24. The number of nitrogens with zero attached hydrogens (tertiary/aromatic N) is 5. The highest BCUT2D eigenvalue weighted by molar-refractivity contribution is 5.67. The number of carbonyl (C=O) groups is 1. The molecule has 0 spiro atoms. The number of carbonyl (C=O) groups excluding carboxylic acids is 1. The summed E-state index contributed by atoms with van der Waals surface area (Å²) >= 11 is 0. The summed E-state index contributed by atoms with van der Waals surface area (Å²) in [6.45, 7) is 0.579. The number of alkyl halides is 2. The Morgan fingerprint density at radius 2 is 1.97 bits per heavy atom. The first-order chi connectivity index (χ1) is 15.4. The van der Waals surface area contributed by atoms with Crippen LogP contribution in [0.15, 0.2) is 12.1 Å². The van der Waals surface area contributed by atoms with E-state index in [9.17, 15) is 13.6 Å². The van der Waals surface area contributed by atoms with E-state index in [0.29, 0.717) is 23.9 Å². The zero-order chi connectivity index (χ0) is 22.7. The van der Waals surface area contributed by atoms with Gasteiger partial charge in [-0.2, -0.15) is 0 Å². The third-order valence-corrected chi connectivity index (χ3v) is 6.00. The average molecular weight is 450 g/mol. The fourth-order valence-electron chi connectivity index (χ4n) is 3.95. The predicted molar refractivity (Wildman–Crippen MR) is 112 cm³/mol. The molecule has 0 aliphatic heterocycles. The molecule has 0 atom stereocenters. The van der Waals surface area contributed by atoms with Gasteiger partial charge in [-0.1, -0.05) is 11.6 Å². The van der Waals surface area contributed by atoms with Gasteiger partial charge in [-0.05, 0) is 56.6 Å². The molecule has 0 N–H and O–H groups in total. The van der Waals surface area contributed by atoms with Crippen LogP contribution in [0.4, 0.5) is 13.6 Å². The second-order valence-corrected chi connectivity index (χ2v) is 8.65. The molecule has 4 rings (SSSR count). The average Bonchev–Trinajstić information content (AvgIpc) is 3.53. The summed E-state index contributed by atoms with van der Waals surface area (Å²) in [7, 11) is 3.35. The number of amides is 1. The van der Waals surface area contributed by atoms with Crippen LogP contribution in [0.1, 0.15) is 62.8 Å². The van der Waals surface area contributed by atoms with E-state index in [4.69, 9.17) is 9.47 Å². The molecule has 2 fully saturated rings. The summed E-state index contributed by atoms with van der Waals surface area (Å²) < 4.78 is 40.3. The number of pyridine rings is 1. The van der Waals surface area contributed by atoms with Crippen LogP contribution in [-0.2, 0) is 18.4 Å². The molecule has 10 heteroatoms. The standard InChI is InChI=1S/C22H29F2N5O3/c1-28(12-14-8-9-14)22(30)31-13-17-19(26-27-29(17)2)16-10-11-18(20(25-16)21(23)24)32-15-6-4-3-5-7-15/h10-11,14-15,21H,3-9,12-13H2,1-2H3. The minimum Gasteiger partial charge on any atom is -0.488 e. The smallest absolute Gasteiger partial charge is 0.409 e. The van der Waals surface area contributed by atoms with Crippen molar-refractivity contribution in [3.05, 3.63) is 23.5 Å². The molecule has 2 aromatic heterocycles. The van der Waals surface area contributed by atoms with Crippen LogP contribution in [0.3, 0.4) is 0 Å². The van der Waals surface area contributed by atoms with Crippen molar-refractivity contribution in [2.24, 2.45) is 13.0 Å². The van der Waals surface area contributed by atoms with E-state index in [1.807, 2.05) is 0 Å². The molecule has 0 radical (unpaired) electrons. The first-order valence-electron chi connectivity index (χ1n) is 11.1. The maximum absolute atomic E-state index is 13.8. The Bertz CT molecular complexity index is 942. The highest BCUT2D eigenvalue weighted by atomic mass is 19.3. The molecule has 32 heavy (non-hydrogen) atoms. The second-order valence-electron chi connectivity index (χ2n) is 8.65. The first kappa shape index (κ1) is 22.4. The van der Waals surface area contributed by atoms with Crippen LogP contribution in [0.25, 0.3) is 11.4 Å². The molecule has 2 aliphatic rings. The van der Waals surface area contributed by atoms with Crippen LogP contribution in [-0.4, -0.2) is 50.7 Å². The molecule has 2 saturated carbocycles. The van der Waals surface area contributed by atoms with E-state index < -0.39 is 18.2 Å². The number of aromatic nitrogens is 4. The van der Waals surface area contributed by atoms with Gasteiger partial charge in [0.2, 0.25) is 0 Å². The lowest BCUT2D eigenvalue weighted by Crippen LogP contribution is -2.29. The van der Waals surface area contributed by atoms with Crippen molar-refractivity contribution in [1.29, 1.82) is 0 Å². The molecule has 0 saturated heterocycles. The maximum Gasteiger partial charge on any atom is 0.409 e. The Kier molecular flexibility index (Phi) is 6.86. The van der Waals surface area contributed by atoms with Crippen LogP contribution >= 0.6 is 0 Å². The van der Waals surface area contributed by atoms with Gasteiger partial charge in [0, 0.05) is 20.6 Å². The minimum absolute atomic E-state index is 0.0620. The van der Waals surface area contributed by atoms with Gasteiger partial charge in [-0.15, -0.1) is 5.10 Å². The minimum atomic E-state index is -2.79. The van der Waals surface area contributed by atoms with E-state index in [2.05, 4.69) is 15.3 Å². The highest BCUT2D eigenvalue weighted by Gasteiger charge is 2.27. The zero-order valence-electron chi connectivity index (χ0n) is 18.5. The van der Waals surface area contributed by atoms with Gasteiger partial charge in [0.1, 0.15) is 29.4 Å². The molecule has 0 aromatic carbocycles. The summed E-state index contributed by atoms with van der Waals surface area (Å²) in [5.74, 6) is 0.655. The van der Waals surface area contributed by atoms with Gasteiger partial charge >= 0.3 is 6.09 Å². The summed E-state index contributed by atoms with van der Waals surface area (Å²) in [4.78, 5) is 18.0. The van der Waals surface area contributed by atoms with Crippen LogP contribution in [0.5, 0.6) is 5.75 Å². The molecule has 174 valence electrons. The van der Waals surface area contributed by atoms with Crippen LogP contribution in [0, 0.1) is 5.92 Å². The number of halogens is 2. The molecule has 8 nitrogen and oxygen atoms in total. The van der Waals surface area contributed by atoms with Crippen LogP contribution in [0.2, 0.25) is 0 Å². The summed E-state index contributed by atoms with van der Waals surface area (Å²) in [6, 6.07) is 3.12. The number of hydrogen-bond acceptors (Lipinski definition) is 6. The lowest BCUT2D eigenvalue weighted by atomic mass is 9.98. The van der Waals surface area contributed by atoms with Crippen molar-refractivity contribution in [3.8, 4) is 17.1 Å². The predicted octanol–water partition coefficient (Wildman–Crippen LogP) is 4.50. The van der Waals surface area contributed by atoms with Crippen molar-refractivity contribution in [2.45, 2.75) is 64.1 Å². The SMILES string of the molecule is CN(CC1CC1)C(=O)OCc1c(-c2ccc(OC3CCCCC3)c(C(F)F)n2)nnn1C. The summed E-state index contributed by atoms with van der Waals surface area (Å²) in [5.41, 5.74) is 0.607. The normalized spacial score (nSPS) is 16.9. The van der Waals surface area contributed by atoms with Gasteiger partial charge in [-0.3, -0.25) is 0 Å². The summed E-state index contributed by atoms with van der Waals surface area (Å²) in [6.07, 6.45) is 3.92.